The molecule has 0 saturated heterocycles. The molecule has 0 bridgehead atoms. The Morgan fingerprint density at radius 1 is 0.935 bits per heavy atom. The summed E-state index contributed by atoms with van der Waals surface area (Å²) in [6, 6.07) is 14.7. The molecule has 0 aromatic heterocycles. The van der Waals surface area contributed by atoms with Gasteiger partial charge in [0.2, 0.25) is 0 Å². The van der Waals surface area contributed by atoms with Crippen LogP contribution in [0.5, 0.6) is 11.5 Å². The molecule has 0 spiro atoms. The number of benzene rings is 3. The number of carbonyl (C=O) groups is 1. The summed E-state index contributed by atoms with van der Waals surface area (Å²) in [6.07, 6.45) is 1.36. The average Bonchev–Trinajstić information content (AvgIpc) is 2.71. The second-order valence-corrected chi connectivity index (χ2v) is 7.44. The molecule has 0 atom stereocenters. The van der Waals surface area contributed by atoms with Crippen LogP contribution in [-0.4, -0.2) is 23.8 Å². The van der Waals surface area contributed by atoms with E-state index in [1.165, 1.54) is 30.3 Å². The lowest BCUT2D eigenvalue weighted by Gasteiger charge is -2.35. The van der Waals surface area contributed by atoms with Crippen LogP contribution in [0, 0.1) is 17.5 Å². The Morgan fingerprint density at radius 2 is 1.61 bits per heavy atom. The Morgan fingerprint density at radius 3 is 2.26 bits per heavy atom. The van der Waals surface area contributed by atoms with Gasteiger partial charge in [-0.15, -0.1) is 0 Å². The number of ether oxygens (including phenoxy) is 2. The molecule has 0 aliphatic heterocycles. The highest BCUT2D eigenvalue weighted by molar-refractivity contribution is 5.68. The standard InChI is InChI=1S/C24H19F3O4/c25-17-5-7-18(8-6-17)31-20-11-21(24(27)22(26)12-20)15-3-1-14(2-4-15)16-9-19(10-16)30-13-23(28)29/h1-8,11-12,16,19H,9-10,13H2,(H,28,29)/t16-,19+. The summed E-state index contributed by atoms with van der Waals surface area (Å²) >= 11 is 0. The SMILES string of the molecule is O=C(O)CO[C@H]1C[C@@H](c2ccc(-c3cc(Oc4ccc(F)cc4)cc(F)c3F)cc2)C1. The van der Waals surface area contributed by atoms with E-state index in [2.05, 4.69) is 0 Å². The van der Waals surface area contributed by atoms with Gasteiger partial charge >= 0.3 is 5.97 Å². The number of aliphatic carboxylic acids is 1. The summed E-state index contributed by atoms with van der Waals surface area (Å²) in [5.74, 6) is -2.80. The van der Waals surface area contributed by atoms with Crippen LogP contribution in [0.25, 0.3) is 11.1 Å². The van der Waals surface area contributed by atoms with Gasteiger partial charge in [-0.05, 0) is 60.2 Å². The van der Waals surface area contributed by atoms with Crippen LogP contribution in [0.4, 0.5) is 13.2 Å². The van der Waals surface area contributed by atoms with Crippen molar-refractivity contribution in [3.8, 4) is 22.6 Å². The molecule has 1 aliphatic rings. The minimum absolute atomic E-state index is 0.0555. The fourth-order valence-electron chi connectivity index (χ4n) is 3.57. The molecule has 160 valence electrons. The smallest absolute Gasteiger partial charge is 0.329 e. The first-order chi connectivity index (χ1) is 14.9. The Labute approximate surface area is 176 Å². The average molecular weight is 428 g/mol. The predicted molar refractivity (Wildman–Crippen MR) is 108 cm³/mol. The maximum Gasteiger partial charge on any atom is 0.329 e. The van der Waals surface area contributed by atoms with Gasteiger partial charge in [0.1, 0.15) is 23.9 Å². The number of hydrogen-bond donors (Lipinski definition) is 1. The zero-order chi connectivity index (χ0) is 22.0. The van der Waals surface area contributed by atoms with Crippen molar-refractivity contribution in [2.45, 2.75) is 24.9 Å². The fourth-order valence-corrected chi connectivity index (χ4v) is 3.57. The van der Waals surface area contributed by atoms with Crippen LogP contribution < -0.4 is 4.74 Å². The van der Waals surface area contributed by atoms with Gasteiger partial charge in [-0.3, -0.25) is 0 Å². The molecule has 3 aromatic carbocycles. The molecule has 1 N–H and O–H groups in total. The number of carboxylic acid groups (broad SMARTS) is 1. The van der Waals surface area contributed by atoms with E-state index >= 15 is 0 Å². The van der Waals surface area contributed by atoms with Crippen molar-refractivity contribution in [2.24, 2.45) is 0 Å². The summed E-state index contributed by atoms with van der Waals surface area (Å²) in [6.45, 7) is -0.308. The maximum absolute atomic E-state index is 14.5. The third kappa shape index (κ3) is 4.88. The molecule has 7 heteroatoms. The highest BCUT2D eigenvalue weighted by Gasteiger charge is 2.31. The predicted octanol–water partition coefficient (Wildman–Crippen LogP) is 5.91. The van der Waals surface area contributed by atoms with Crippen molar-refractivity contribution < 1.29 is 32.5 Å². The summed E-state index contributed by atoms with van der Waals surface area (Å²) in [5, 5.41) is 8.65. The van der Waals surface area contributed by atoms with Crippen molar-refractivity contribution >= 4 is 5.97 Å². The van der Waals surface area contributed by atoms with Gasteiger partial charge in [0, 0.05) is 11.6 Å². The van der Waals surface area contributed by atoms with Crippen LogP contribution in [0.1, 0.15) is 24.3 Å². The van der Waals surface area contributed by atoms with E-state index in [1.807, 2.05) is 12.1 Å². The number of rotatable bonds is 7. The Kier molecular flexibility index (Phi) is 5.95. The fraction of sp³-hybridized carbons (Fsp3) is 0.208. The largest absolute Gasteiger partial charge is 0.480 e. The molecule has 0 radical (unpaired) electrons. The topological polar surface area (TPSA) is 55.8 Å². The molecular formula is C24H19F3O4. The maximum atomic E-state index is 14.5. The molecule has 1 aliphatic carbocycles. The van der Waals surface area contributed by atoms with E-state index < -0.39 is 23.4 Å². The molecule has 0 amide bonds. The molecule has 1 fully saturated rings. The summed E-state index contributed by atoms with van der Waals surface area (Å²) in [7, 11) is 0. The molecule has 3 aromatic rings. The van der Waals surface area contributed by atoms with Gasteiger partial charge in [0.05, 0.1) is 6.10 Å². The molecule has 0 heterocycles. The zero-order valence-corrected chi connectivity index (χ0v) is 16.4. The van der Waals surface area contributed by atoms with Crippen molar-refractivity contribution in [1.29, 1.82) is 0 Å². The Bertz CT molecular complexity index is 1080. The number of halogens is 3. The summed E-state index contributed by atoms with van der Waals surface area (Å²) < 4.78 is 52.5. The number of hydrogen-bond acceptors (Lipinski definition) is 3. The van der Waals surface area contributed by atoms with Gasteiger partial charge in [0.25, 0.3) is 0 Å². The molecular weight excluding hydrogens is 409 g/mol. The second-order valence-electron chi connectivity index (χ2n) is 7.44. The molecule has 1 saturated carbocycles. The normalized spacial score (nSPS) is 17.8. The lowest BCUT2D eigenvalue weighted by Crippen LogP contribution is -2.31. The highest BCUT2D eigenvalue weighted by Crippen LogP contribution is 2.40. The van der Waals surface area contributed by atoms with E-state index in [4.69, 9.17) is 14.6 Å². The first kappa shape index (κ1) is 20.9. The number of carboxylic acids is 1. The van der Waals surface area contributed by atoms with E-state index in [9.17, 15) is 18.0 Å². The van der Waals surface area contributed by atoms with Crippen LogP contribution in [0.3, 0.4) is 0 Å². The highest BCUT2D eigenvalue weighted by atomic mass is 19.2. The van der Waals surface area contributed by atoms with Gasteiger partial charge < -0.3 is 14.6 Å². The third-order valence-electron chi connectivity index (χ3n) is 5.28. The van der Waals surface area contributed by atoms with E-state index in [0.717, 1.165) is 24.5 Å². The van der Waals surface area contributed by atoms with Crippen molar-refractivity contribution in [3.63, 3.8) is 0 Å². The Balaban J connectivity index is 1.48. The zero-order valence-electron chi connectivity index (χ0n) is 16.4. The lowest BCUT2D eigenvalue weighted by molar-refractivity contribution is -0.146. The minimum atomic E-state index is -1.05. The van der Waals surface area contributed by atoms with Gasteiger partial charge in [-0.2, -0.15) is 0 Å². The van der Waals surface area contributed by atoms with Crippen molar-refractivity contribution in [2.75, 3.05) is 6.61 Å². The van der Waals surface area contributed by atoms with Gasteiger partial charge in [-0.1, -0.05) is 24.3 Å². The molecule has 0 unspecified atom stereocenters. The first-order valence-electron chi connectivity index (χ1n) is 9.75. The lowest BCUT2D eigenvalue weighted by atomic mass is 9.77. The van der Waals surface area contributed by atoms with Crippen molar-refractivity contribution in [3.05, 3.63) is 83.7 Å². The van der Waals surface area contributed by atoms with Crippen molar-refractivity contribution in [1.82, 2.24) is 0 Å². The van der Waals surface area contributed by atoms with Crippen LogP contribution in [-0.2, 0) is 9.53 Å². The third-order valence-corrected chi connectivity index (χ3v) is 5.28. The van der Waals surface area contributed by atoms with E-state index in [0.29, 0.717) is 11.3 Å². The summed E-state index contributed by atoms with van der Waals surface area (Å²) in [5.41, 5.74) is 1.57. The Hall–Kier alpha value is -3.32. The second kappa shape index (κ2) is 8.81. The van der Waals surface area contributed by atoms with Crippen LogP contribution in [0.2, 0.25) is 0 Å². The van der Waals surface area contributed by atoms with Gasteiger partial charge in [0.15, 0.2) is 11.6 Å². The molecule has 31 heavy (non-hydrogen) atoms. The molecule has 4 nitrogen and oxygen atoms in total. The van der Waals surface area contributed by atoms with E-state index in [-0.39, 0.29) is 29.9 Å². The summed E-state index contributed by atoms with van der Waals surface area (Å²) in [4.78, 5) is 10.6. The quantitative estimate of drug-likeness (QED) is 0.508. The molecule has 4 rings (SSSR count). The monoisotopic (exact) mass is 428 g/mol. The van der Waals surface area contributed by atoms with Gasteiger partial charge in [-0.25, -0.2) is 18.0 Å². The van der Waals surface area contributed by atoms with Crippen LogP contribution in [0.15, 0.2) is 60.7 Å². The van der Waals surface area contributed by atoms with E-state index in [1.54, 1.807) is 12.1 Å². The minimum Gasteiger partial charge on any atom is -0.480 e. The van der Waals surface area contributed by atoms with Crippen LogP contribution >= 0.6 is 0 Å². The first-order valence-corrected chi connectivity index (χ1v) is 9.75.